The zero-order valence-corrected chi connectivity index (χ0v) is 15.8. The molecule has 0 saturated heterocycles. The first-order valence-electron chi connectivity index (χ1n) is 8.02. The number of aliphatic hydroxyl groups is 1. The summed E-state index contributed by atoms with van der Waals surface area (Å²) in [6, 6.07) is 7.55. The van der Waals surface area contributed by atoms with Crippen LogP contribution in [0.5, 0.6) is 5.75 Å². The molecule has 2 aliphatic carbocycles. The van der Waals surface area contributed by atoms with Crippen molar-refractivity contribution >= 4 is 35.6 Å². The molecule has 2 bridgehead atoms. The second-order valence-electron chi connectivity index (χ2n) is 6.56. The van der Waals surface area contributed by atoms with E-state index in [0.717, 1.165) is 23.8 Å². The second kappa shape index (κ2) is 7.70. The number of aliphatic imine (C=N–C) groups is 1. The van der Waals surface area contributed by atoms with Gasteiger partial charge in [0, 0.05) is 18.3 Å². The molecule has 23 heavy (non-hydrogen) atoms. The largest absolute Gasteiger partial charge is 0.497 e. The van der Waals surface area contributed by atoms with Crippen LogP contribution in [0.2, 0.25) is 0 Å². The van der Waals surface area contributed by atoms with Crippen LogP contribution in [-0.2, 0) is 0 Å². The molecule has 1 aromatic rings. The van der Waals surface area contributed by atoms with Crippen LogP contribution >= 0.6 is 24.0 Å². The van der Waals surface area contributed by atoms with Crippen molar-refractivity contribution in [1.82, 2.24) is 0 Å². The van der Waals surface area contributed by atoms with Crippen LogP contribution in [0.4, 0.5) is 5.69 Å². The summed E-state index contributed by atoms with van der Waals surface area (Å²) >= 11 is 0. The standard InChI is InChI=1S/C17H25N3O2.HI/c1-22-15-4-2-3-14(10-15)20-16(18)19-8-7-17(21)11-12-5-6-13(17)9-12;/h2-4,10,12-13,21H,5-9,11H2,1H3,(H3,18,19,20);1H. The number of hydrogen-bond donors (Lipinski definition) is 3. The fourth-order valence-electron chi connectivity index (χ4n) is 3.98. The highest BCUT2D eigenvalue weighted by molar-refractivity contribution is 14.0. The number of ether oxygens (including phenoxy) is 1. The van der Waals surface area contributed by atoms with Crippen molar-refractivity contribution in [1.29, 1.82) is 0 Å². The summed E-state index contributed by atoms with van der Waals surface area (Å²) in [5, 5.41) is 13.8. The van der Waals surface area contributed by atoms with Gasteiger partial charge in [0.1, 0.15) is 5.75 Å². The van der Waals surface area contributed by atoms with E-state index in [4.69, 9.17) is 10.5 Å². The van der Waals surface area contributed by atoms with Crippen molar-refractivity contribution in [3.63, 3.8) is 0 Å². The van der Waals surface area contributed by atoms with Gasteiger partial charge in [0.15, 0.2) is 5.96 Å². The average molecular weight is 431 g/mol. The number of hydrogen-bond acceptors (Lipinski definition) is 3. The third kappa shape index (κ3) is 4.29. The van der Waals surface area contributed by atoms with E-state index in [0.29, 0.717) is 24.8 Å². The van der Waals surface area contributed by atoms with Gasteiger partial charge in [-0.25, -0.2) is 0 Å². The number of nitrogens with two attached hydrogens (primary N) is 1. The lowest BCUT2D eigenvalue weighted by Crippen LogP contribution is -2.36. The Hall–Kier alpha value is -1.02. The first kappa shape index (κ1) is 18.3. The van der Waals surface area contributed by atoms with Crippen molar-refractivity contribution in [3.8, 4) is 5.75 Å². The molecule has 0 heterocycles. The molecule has 6 heteroatoms. The Morgan fingerprint density at radius 2 is 2.30 bits per heavy atom. The molecule has 5 nitrogen and oxygen atoms in total. The van der Waals surface area contributed by atoms with Gasteiger partial charge in [0.2, 0.25) is 0 Å². The van der Waals surface area contributed by atoms with E-state index in [-0.39, 0.29) is 24.0 Å². The summed E-state index contributed by atoms with van der Waals surface area (Å²) in [5.41, 5.74) is 6.25. The number of nitrogens with zero attached hydrogens (tertiary/aromatic N) is 1. The summed E-state index contributed by atoms with van der Waals surface area (Å²) < 4.78 is 5.17. The smallest absolute Gasteiger partial charge is 0.193 e. The van der Waals surface area contributed by atoms with Crippen LogP contribution in [0.15, 0.2) is 29.3 Å². The van der Waals surface area contributed by atoms with Crippen LogP contribution in [0, 0.1) is 11.8 Å². The highest BCUT2D eigenvalue weighted by Gasteiger charge is 2.49. The van der Waals surface area contributed by atoms with E-state index >= 15 is 0 Å². The van der Waals surface area contributed by atoms with E-state index in [2.05, 4.69) is 10.3 Å². The van der Waals surface area contributed by atoms with E-state index in [9.17, 15) is 5.11 Å². The summed E-state index contributed by atoms with van der Waals surface area (Å²) in [5.74, 6) is 2.35. The van der Waals surface area contributed by atoms with Crippen molar-refractivity contribution < 1.29 is 9.84 Å². The maximum absolute atomic E-state index is 10.7. The quantitative estimate of drug-likeness (QED) is 0.381. The van der Waals surface area contributed by atoms with Crippen LogP contribution in [0.3, 0.4) is 0 Å². The number of rotatable bonds is 5. The van der Waals surface area contributed by atoms with Crippen LogP contribution < -0.4 is 15.8 Å². The molecule has 0 aromatic heterocycles. The van der Waals surface area contributed by atoms with Crippen molar-refractivity contribution in [2.45, 2.75) is 37.7 Å². The number of fused-ring (bicyclic) bond motifs is 2. The molecule has 0 amide bonds. The maximum atomic E-state index is 10.7. The predicted molar refractivity (Wildman–Crippen MR) is 104 cm³/mol. The van der Waals surface area contributed by atoms with Gasteiger partial charge in [0.05, 0.1) is 12.7 Å². The Labute approximate surface area is 154 Å². The molecule has 2 fully saturated rings. The Bertz CT molecular complexity index is 567. The minimum Gasteiger partial charge on any atom is -0.497 e. The van der Waals surface area contributed by atoms with Crippen LogP contribution in [-0.4, -0.2) is 30.3 Å². The molecular formula is C17H26IN3O2. The fraction of sp³-hybridized carbons (Fsp3) is 0.588. The predicted octanol–water partition coefficient (Wildman–Crippen LogP) is 2.98. The highest BCUT2D eigenvalue weighted by Crippen LogP contribution is 2.52. The van der Waals surface area contributed by atoms with Crippen LogP contribution in [0.1, 0.15) is 32.1 Å². The summed E-state index contributed by atoms with van der Waals surface area (Å²) in [6.07, 6.45) is 5.29. The Morgan fingerprint density at radius 3 is 2.96 bits per heavy atom. The lowest BCUT2D eigenvalue weighted by molar-refractivity contribution is -0.0181. The van der Waals surface area contributed by atoms with Gasteiger partial charge in [-0.3, -0.25) is 4.99 Å². The molecule has 4 N–H and O–H groups in total. The molecule has 3 unspecified atom stereocenters. The van der Waals surface area contributed by atoms with Gasteiger partial charge in [0.25, 0.3) is 0 Å². The molecule has 0 radical (unpaired) electrons. The average Bonchev–Trinajstić information content (AvgIpc) is 3.07. The molecule has 128 valence electrons. The molecule has 0 spiro atoms. The van der Waals surface area contributed by atoms with Gasteiger partial charge >= 0.3 is 0 Å². The number of methoxy groups -OCH3 is 1. The molecular weight excluding hydrogens is 405 g/mol. The molecule has 2 saturated carbocycles. The number of nitrogens with one attached hydrogen (secondary N) is 1. The zero-order chi connectivity index (χ0) is 15.6. The molecule has 3 atom stereocenters. The molecule has 0 aliphatic heterocycles. The topological polar surface area (TPSA) is 79.9 Å². The zero-order valence-electron chi connectivity index (χ0n) is 13.5. The Morgan fingerprint density at radius 1 is 1.48 bits per heavy atom. The SMILES string of the molecule is COc1cccc(NC(N)=NCCC2(O)CC3CCC2C3)c1.I. The number of anilines is 1. The van der Waals surface area contributed by atoms with E-state index in [1.54, 1.807) is 7.11 Å². The van der Waals surface area contributed by atoms with E-state index in [1.807, 2.05) is 24.3 Å². The summed E-state index contributed by atoms with van der Waals surface area (Å²) in [7, 11) is 1.63. The van der Waals surface area contributed by atoms with Crippen molar-refractivity contribution in [3.05, 3.63) is 24.3 Å². The lowest BCUT2D eigenvalue weighted by Gasteiger charge is -2.31. The molecule has 2 aliphatic rings. The number of halogens is 1. The van der Waals surface area contributed by atoms with Gasteiger partial charge < -0.3 is 20.9 Å². The fourth-order valence-corrected chi connectivity index (χ4v) is 3.98. The monoisotopic (exact) mass is 431 g/mol. The van der Waals surface area contributed by atoms with Gasteiger partial charge in [-0.2, -0.15) is 0 Å². The minimum atomic E-state index is -0.511. The normalized spacial score (nSPS) is 29.2. The minimum absolute atomic E-state index is 0. The first-order chi connectivity index (χ1) is 10.6. The molecule has 1 aromatic carbocycles. The van der Waals surface area contributed by atoms with Crippen molar-refractivity contribution in [2.75, 3.05) is 19.0 Å². The highest BCUT2D eigenvalue weighted by atomic mass is 127. The summed E-state index contributed by atoms with van der Waals surface area (Å²) in [6.45, 7) is 0.558. The summed E-state index contributed by atoms with van der Waals surface area (Å²) in [4.78, 5) is 4.35. The van der Waals surface area contributed by atoms with Gasteiger partial charge in [-0.1, -0.05) is 6.07 Å². The Balaban J connectivity index is 0.00000192. The second-order valence-corrected chi connectivity index (χ2v) is 6.56. The van der Waals surface area contributed by atoms with Gasteiger partial charge in [-0.15, -0.1) is 24.0 Å². The number of benzene rings is 1. The lowest BCUT2D eigenvalue weighted by atomic mass is 9.82. The van der Waals surface area contributed by atoms with E-state index < -0.39 is 5.60 Å². The Kier molecular flexibility index (Phi) is 6.13. The maximum Gasteiger partial charge on any atom is 0.193 e. The first-order valence-corrected chi connectivity index (χ1v) is 8.02. The molecule has 3 rings (SSSR count). The van der Waals surface area contributed by atoms with Crippen molar-refractivity contribution in [2.24, 2.45) is 22.6 Å². The third-order valence-corrected chi connectivity index (χ3v) is 5.11. The van der Waals surface area contributed by atoms with Crippen LogP contribution in [0.25, 0.3) is 0 Å². The van der Waals surface area contributed by atoms with Gasteiger partial charge in [-0.05, 0) is 56.1 Å². The third-order valence-electron chi connectivity index (χ3n) is 5.11. The number of guanidine groups is 1. The van der Waals surface area contributed by atoms with E-state index in [1.165, 1.54) is 19.3 Å².